The number of benzene rings is 1. The summed E-state index contributed by atoms with van der Waals surface area (Å²) in [5, 5.41) is 13.7. The Morgan fingerprint density at radius 1 is 1.43 bits per heavy atom. The lowest BCUT2D eigenvalue weighted by Crippen LogP contribution is -1.91. The van der Waals surface area contributed by atoms with E-state index >= 15 is 0 Å². The standard InChI is InChI=1S/C9H9BrN4/c1-6-2-3-7(4-8(6)10)5-9-11-13-14-12-9/h2-4H,5H2,1H3,(H,11,12,13,14). The molecule has 0 atom stereocenters. The molecule has 5 heteroatoms. The number of halogens is 1. The molecule has 0 aliphatic rings. The van der Waals surface area contributed by atoms with Crippen LogP contribution in [-0.2, 0) is 6.42 Å². The first-order valence-corrected chi connectivity index (χ1v) is 5.02. The molecule has 72 valence electrons. The van der Waals surface area contributed by atoms with Crippen LogP contribution in [0.5, 0.6) is 0 Å². The van der Waals surface area contributed by atoms with E-state index in [1.165, 1.54) is 11.1 Å². The van der Waals surface area contributed by atoms with Crippen molar-refractivity contribution in [1.29, 1.82) is 0 Å². The van der Waals surface area contributed by atoms with Crippen molar-refractivity contribution in [2.24, 2.45) is 0 Å². The van der Waals surface area contributed by atoms with Crippen molar-refractivity contribution in [2.45, 2.75) is 13.3 Å². The molecule has 0 aliphatic carbocycles. The molecular weight excluding hydrogens is 244 g/mol. The third kappa shape index (κ3) is 1.98. The molecule has 0 unspecified atom stereocenters. The molecule has 0 spiro atoms. The van der Waals surface area contributed by atoms with Gasteiger partial charge in [-0.2, -0.15) is 5.21 Å². The number of hydrogen-bond acceptors (Lipinski definition) is 3. The van der Waals surface area contributed by atoms with Crippen LogP contribution in [0.2, 0.25) is 0 Å². The fourth-order valence-electron chi connectivity index (χ4n) is 1.19. The van der Waals surface area contributed by atoms with Gasteiger partial charge in [-0.15, -0.1) is 10.2 Å². The number of rotatable bonds is 2. The second-order valence-electron chi connectivity index (χ2n) is 3.09. The first kappa shape index (κ1) is 9.33. The van der Waals surface area contributed by atoms with Crippen LogP contribution in [0.3, 0.4) is 0 Å². The lowest BCUT2D eigenvalue weighted by atomic mass is 10.1. The van der Waals surface area contributed by atoms with Gasteiger partial charge in [0.15, 0.2) is 5.82 Å². The Morgan fingerprint density at radius 2 is 2.29 bits per heavy atom. The first-order valence-electron chi connectivity index (χ1n) is 4.23. The molecule has 0 bridgehead atoms. The zero-order chi connectivity index (χ0) is 9.97. The van der Waals surface area contributed by atoms with Crippen LogP contribution in [0.15, 0.2) is 22.7 Å². The smallest absolute Gasteiger partial charge is 0.177 e. The van der Waals surface area contributed by atoms with Crippen LogP contribution in [-0.4, -0.2) is 20.6 Å². The minimum Gasteiger partial charge on any atom is -0.177 e. The highest BCUT2D eigenvalue weighted by molar-refractivity contribution is 9.10. The fraction of sp³-hybridized carbons (Fsp3) is 0.222. The molecule has 1 aromatic carbocycles. The lowest BCUT2D eigenvalue weighted by molar-refractivity contribution is 0.881. The molecule has 2 aromatic rings. The maximum atomic E-state index is 3.90. The van der Waals surface area contributed by atoms with Gasteiger partial charge < -0.3 is 0 Å². The van der Waals surface area contributed by atoms with Gasteiger partial charge in [-0.1, -0.05) is 33.3 Å². The van der Waals surface area contributed by atoms with E-state index in [1.54, 1.807) is 0 Å². The summed E-state index contributed by atoms with van der Waals surface area (Å²) in [5.41, 5.74) is 2.39. The summed E-state index contributed by atoms with van der Waals surface area (Å²) < 4.78 is 1.11. The molecule has 1 aromatic heterocycles. The Labute approximate surface area is 89.9 Å². The summed E-state index contributed by atoms with van der Waals surface area (Å²) in [6.07, 6.45) is 0.704. The van der Waals surface area contributed by atoms with Crippen molar-refractivity contribution in [1.82, 2.24) is 20.6 Å². The average Bonchev–Trinajstić information content (AvgIpc) is 2.64. The van der Waals surface area contributed by atoms with E-state index < -0.39 is 0 Å². The number of aromatic amines is 1. The van der Waals surface area contributed by atoms with Crippen LogP contribution >= 0.6 is 15.9 Å². The Kier molecular flexibility index (Phi) is 2.58. The van der Waals surface area contributed by atoms with Gasteiger partial charge >= 0.3 is 0 Å². The Hall–Kier alpha value is -1.23. The van der Waals surface area contributed by atoms with Crippen LogP contribution in [0.1, 0.15) is 17.0 Å². The number of aryl methyl sites for hydroxylation is 1. The Balaban J connectivity index is 2.22. The molecule has 1 N–H and O–H groups in total. The molecule has 14 heavy (non-hydrogen) atoms. The number of nitrogens with one attached hydrogen (secondary N) is 1. The quantitative estimate of drug-likeness (QED) is 0.888. The van der Waals surface area contributed by atoms with E-state index in [0.29, 0.717) is 12.2 Å². The maximum Gasteiger partial charge on any atom is 0.178 e. The van der Waals surface area contributed by atoms with Crippen LogP contribution in [0.25, 0.3) is 0 Å². The normalized spacial score (nSPS) is 10.4. The molecular formula is C9H9BrN4. The molecule has 0 amide bonds. The molecule has 1 heterocycles. The van der Waals surface area contributed by atoms with Gasteiger partial charge in [-0.05, 0) is 24.1 Å². The van der Waals surface area contributed by atoms with E-state index in [2.05, 4.69) is 61.7 Å². The monoisotopic (exact) mass is 252 g/mol. The second-order valence-corrected chi connectivity index (χ2v) is 3.94. The van der Waals surface area contributed by atoms with Crippen molar-refractivity contribution in [3.8, 4) is 0 Å². The van der Waals surface area contributed by atoms with Gasteiger partial charge in [0, 0.05) is 10.9 Å². The number of hydrogen-bond donors (Lipinski definition) is 1. The number of aromatic nitrogens is 4. The zero-order valence-electron chi connectivity index (χ0n) is 7.66. The molecule has 0 radical (unpaired) electrons. The maximum absolute atomic E-state index is 3.90. The van der Waals surface area contributed by atoms with Crippen molar-refractivity contribution < 1.29 is 0 Å². The van der Waals surface area contributed by atoms with Crippen molar-refractivity contribution in [2.75, 3.05) is 0 Å². The van der Waals surface area contributed by atoms with Crippen molar-refractivity contribution in [3.63, 3.8) is 0 Å². The SMILES string of the molecule is Cc1ccc(Cc2nn[nH]n2)cc1Br. The van der Waals surface area contributed by atoms with E-state index in [9.17, 15) is 0 Å². The van der Waals surface area contributed by atoms with Gasteiger partial charge in [0.1, 0.15) is 0 Å². The van der Waals surface area contributed by atoms with E-state index in [4.69, 9.17) is 0 Å². The van der Waals surface area contributed by atoms with Gasteiger partial charge in [0.25, 0.3) is 0 Å². The Bertz CT molecular complexity index is 424. The van der Waals surface area contributed by atoms with E-state index in [1.807, 2.05) is 0 Å². The highest BCUT2D eigenvalue weighted by Gasteiger charge is 2.02. The largest absolute Gasteiger partial charge is 0.178 e. The highest BCUT2D eigenvalue weighted by Crippen LogP contribution is 2.18. The molecule has 4 nitrogen and oxygen atoms in total. The van der Waals surface area contributed by atoms with Gasteiger partial charge in [-0.25, -0.2) is 0 Å². The molecule has 0 saturated heterocycles. The van der Waals surface area contributed by atoms with Crippen molar-refractivity contribution in [3.05, 3.63) is 39.6 Å². The van der Waals surface area contributed by atoms with Crippen LogP contribution in [0, 0.1) is 6.92 Å². The molecule has 0 saturated carbocycles. The summed E-state index contributed by atoms with van der Waals surface area (Å²) in [6.45, 7) is 2.06. The Morgan fingerprint density at radius 3 is 2.93 bits per heavy atom. The summed E-state index contributed by atoms with van der Waals surface area (Å²) >= 11 is 3.49. The summed E-state index contributed by atoms with van der Waals surface area (Å²) in [5.74, 6) is 0.709. The average molecular weight is 253 g/mol. The number of nitrogens with zero attached hydrogens (tertiary/aromatic N) is 3. The summed E-state index contributed by atoms with van der Waals surface area (Å²) in [6, 6.07) is 6.21. The van der Waals surface area contributed by atoms with Crippen molar-refractivity contribution >= 4 is 15.9 Å². The van der Waals surface area contributed by atoms with E-state index in [0.717, 1.165) is 4.47 Å². The zero-order valence-corrected chi connectivity index (χ0v) is 9.24. The fourth-order valence-corrected chi connectivity index (χ4v) is 1.61. The van der Waals surface area contributed by atoms with E-state index in [-0.39, 0.29) is 0 Å². The predicted octanol–water partition coefficient (Wildman–Crippen LogP) is 1.86. The molecule has 0 aliphatic heterocycles. The second kappa shape index (κ2) is 3.88. The van der Waals surface area contributed by atoms with Gasteiger partial charge in [0.2, 0.25) is 0 Å². The number of tetrazole rings is 1. The number of H-pyrrole nitrogens is 1. The third-order valence-corrected chi connectivity index (χ3v) is 2.84. The lowest BCUT2D eigenvalue weighted by Gasteiger charge is -2.00. The minimum absolute atomic E-state index is 0.704. The van der Waals surface area contributed by atoms with Crippen LogP contribution in [0.4, 0.5) is 0 Å². The van der Waals surface area contributed by atoms with Crippen LogP contribution < -0.4 is 0 Å². The summed E-state index contributed by atoms with van der Waals surface area (Å²) in [7, 11) is 0. The topological polar surface area (TPSA) is 54.5 Å². The highest BCUT2D eigenvalue weighted by atomic mass is 79.9. The third-order valence-electron chi connectivity index (χ3n) is 1.99. The summed E-state index contributed by atoms with van der Waals surface area (Å²) in [4.78, 5) is 0. The predicted molar refractivity (Wildman–Crippen MR) is 55.9 cm³/mol. The minimum atomic E-state index is 0.704. The molecule has 2 rings (SSSR count). The van der Waals surface area contributed by atoms with Gasteiger partial charge in [0.05, 0.1) is 0 Å². The first-order chi connectivity index (χ1) is 6.75. The van der Waals surface area contributed by atoms with Gasteiger partial charge in [-0.3, -0.25) is 0 Å². The molecule has 0 fully saturated rings.